The minimum Gasteiger partial charge on any atom is -0.497 e. The van der Waals surface area contributed by atoms with E-state index in [9.17, 15) is 4.79 Å². The van der Waals surface area contributed by atoms with Crippen LogP contribution in [-0.4, -0.2) is 67.1 Å². The van der Waals surface area contributed by atoms with Crippen molar-refractivity contribution in [2.45, 2.75) is 25.3 Å². The van der Waals surface area contributed by atoms with E-state index < -0.39 is 0 Å². The van der Waals surface area contributed by atoms with E-state index in [1.54, 1.807) is 7.11 Å². The average Bonchev–Trinajstić information content (AvgIpc) is 3.27. The van der Waals surface area contributed by atoms with Gasteiger partial charge in [0.25, 0.3) is 0 Å². The second kappa shape index (κ2) is 9.27. The molecule has 6 heteroatoms. The Kier molecular flexibility index (Phi) is 6.30. The minimum absolute atomic E-state index is 0.269. The standard InChI is InChI=1S/C23H30N4O2/c1-29-20-9-7-19(8-10-20)21-5-4-13-25(21)14-11-23(28)27-17-15-26(16-18-27)22-6-2-3-12-24-22/h2-3,6-10,12,21H,4-5,11,13-18H2,1H3/t21-/m1/s1. The van der Waals surface area contributed by atoms with E-state index in [0.717, 1.165) is 57.3 Å². The number of hydrogen-bond donors (Lipinski definition) is 0. The van der Waals surface area contributed by atoms with Crippen molar-refractivity contribution in [1.82, 2.24) is 14.8 Å². The Labute approximate surface area is 173 Å². The van der Waals surface area contributed by atoms with Crippen molar-refractivity contribution in [3.8, 4) is 5.75 Å². The van der Waals surface area contributed by atoms with E-state index in [2.05, 4.69) is 26.9 Å². The predicted molar refractivity (Wildman–Crippen MR) is 114 cm³/mol. The number of carbonyl (C=O) groups is 1. The Hall–Kier alpha value is -2.60. The van der Waals surface area contributed by atoms with Gasteiger partial charge in [-0.2, -0.15) is 0 Å². The van der Waals surface area contributed by atoms with Gasteiger partial charge in [0.05, 0.1) is 7.11 Å². The number of hydrogen-bond acceptors (Lipinski definition) is 5. The van der Waals surface area contributed by atoms with Gasteiger partial charge in [-0.3, -0.25) is 9.69 Å². The van der Waals surface area contributed by atoms with Crippen LogP contribution in [0.2, 0.25) is 0 Å². The summed E-state index contributed by atoms with van der Waals surface area (Å²) in [4.78, 5) is 23.9. The summed E-state index contributed by atoms with van der Waals surface area (Å²) < 4.78 is 5.27. The summed E-state index contributed by atoms with van der Waals surface area (Å²) in [5, 5.41) is 0. The first-order chi connectivity index (χ1) is 14.2. The Morgan fingerprint density at radius 3 is 2.55 bits per heavy atom. The van der Waals surface area contributed by atoms with Crippen molar-refractivity contribution in [3.05, 3.63) is 54.2 Å². The fraction of sp³-hybridized carbons (Fsp3) is 0.478. The molecule has 0 spiro atoms. The average molecular weight is 395 g/mol. The van der Waals surface area contributed by atoms with Crippen LogP contribution in [0.3, 0.4) is 0 Å². The molecule has 29 heavy (non-hydrogen) atoms. The molecule has 1 amide bonds. The quantitative estimate of drug-likeness (QED) is 0.754. The third-order valence-corrected chi connectivity index (χ3v) is 6.08. The number of amides is 1. The molecule has 2 aromatic rings. The van der Waals surface area contributed by atoms with Gasteiger partial charge in [-0.15, -0.1) is 0 Å². The number of rotatable bonds is 6. The Morgan fingerprint density at radius 2 is 1.86 bits per heavy atom. The monoisotopic (exact) mass is 394 g/mol. The zero-order valence-electron chi connectivity index (χ0n) is 17.2. The van der Waals surface area contributed by atoms with Gasteiger partial charge in [-0.05, 0) is 49.2 Å². The molecule has 2 aliphatic rings. The third-order valence-electron chi connectivity index (χ3n) is 6.08. The van der Waals surface area contributed by atoms with E-state index >= 15 is 0 Å². The van der Waals surface area contributed by atoms with E-state index in [-0.39, 0.29) is 5.91 Å². The van der Waals surface area contributed by atoms with Crippen molar-refractivity contribution >= 4 is 11.7 Å². The molecule has 1 atom stereocenters. The largest absolute Gasteiger partial charge is 0.497 e. The van der Waals surface area contributed by atoms with Crippen LogP contribution in [0.1, 0.15) is 30.9 Å². The molecule has 154 valence electrons. The number of ether oxygens (including phenoxy) is 1. The third kappa shape index (κ3) is 4.70. The molecule has 3 heterocycles. The lowest BCUT2D eigenvalue weighted by Gasteiger charge is -2.36. The maximum absolute atomic E-state index is 12.8. The number of carbonyl (C=O) groups excluding carboxylic acids is 1. The van der Waals surface area contributed by atoms with Crippen molar-refractivity contribution < 1.29 is 9.53 Å². The Balaban J connectivity index is 1.27. The molecule has 0 radical (unpaired) electrons. The fourth-order valence-corrected chi connectivity index (χ4v) is 4.42. The number of anilines is 1. The molecule has 2 saturated heterocycles. The molecule has 0 bridgehead atoms. The minimum atomic E-state index is 0.269. The zero-order valence-corrected chi connectivity index (χ0v) is 17.2. The number of methoxy groups -OCH3 is 1. The first-order valence-electron chi connectivity index (χ1n) is 10.6. The number of likely N-dealkylation sites (tertiary alicyclic amines) is 1. The van der Waals surface area contributed by atoms with Crippen LogP contribution < -0.4 is 9.64 Å². The van der Waals surface area contributed by atoms with Crippen LogP contribution in [0.25, 0.3) is 0 Å². The fourth-order valence-electron chi connectivity index (χ4n) is 4.42. The molecule has 2 aliphatic heterocycles. The summed E-state index contributed by atoms with van der Waals surface area (Å²) in [7, 11) is 1.69. The Morgan fingerprint density at radius 1 is 1.07 bits per heavy atom. The summed E-state index contributed by atoms with van der Waals surface area (Å²) in [5.41, 5.74) is 1.32. The molecule has 2 fully saturated rings. The zero-order chi connectivity index (χ0) is 20.1. The molecule has 0 aliphatic carbocycles. The summed E-state index contributed by atoms with van der Waals surface area (Å²) in [6.07, 6.45) is 4.76. The van der Waals surface area contributed by atoms with Gasteiger partial charge in [0.15, 0.2) is 0 Å². The second-order valence-electron chi connectivity index (χ2n) is 7.77. The summed E-state index contributed by atoms with van der Waals surface area (Å²) in [5.74, 6) is 2.16. The van der Waals surface area contributed by atoms with Gasteiger partial charge < -0.3 is 14.5 Å². The van der Waals surface area contributed by atoms with Gasteiger partial charge in [0, 0.05) is 51.4 Å². The molecule has 1 aromatic heterocycles. The van der Waals surface area contributed by atoms with Crippen LogP contribution in [0.5, 0.6) is 5.75 Å². The van der Waals surface area contributed by atoms with Crippen LogP contribution in [-0.2, 0) is 4.79 Å². The van der Waals surface area contributed by atoms with Gasteiger partial charge in [0.2, 0.25) is 5.91 Å². The first kappa shape index (κ1) is 19.7. The van der Waals surface area contributed by atoms with E-state index in [1.165, 1.54) is 12.0 Å². The Bertz CT molecular complexity index is 788. The van der Waals surface area contributed by atoms with Gasteiger partial charge >= 0.3 is 0 Å². The highest BCUT2D eigenvalue weighted by atomic mass is 16.5. The highest BCUT2D eigenvalue weighted by molar-refractivity contribution is 5.76. The van der Waals surface area contributed by atoms with Crippen LogP contribution in [0.4, 0.5) is 5.82 Å². The summed E-state index contributed by atoms with van der Waals surface area (Å²) in [6, 6.07) is 14.7. The highest BCUT2D eigenvalue weighted by Gasteiger charge is 2.28. The van der Waals surface area contributed by atoms with Gasteiger partial charge in [-0.25, -0.2) is 4.98 Å². The van der Waals surface area contributed by atoms with Crippen molar-refractivity contribution in [2.24, 2.45) is 0 Å². The number of pyridine rings is 1. The lowest BCUT2D eigenvalue weighted by atomic mass is 10.0. The van der Waals surface area contributed by atoms with Crippen molar-refractivity contribution in [2.75, 3.05) is 51.3 Å². The topological polar surface area (TPSA) is 48.9 Å². The molecule has 6 nitrogen and oxygen atoms in total. The maximum Gasteiger partial charge on any atom is 0.223 e. The number of piperazine rings is 1. The number of aromatic nitrogens is 1. The molecular weight excluding hydrogens is 364 g/mol. The second-order valence-corrected chi connectivity index (χ2v) is 7.77. The SMILES string of the molecule is COc1ccc([C@H]2CCCN2CCC(=O)N2CCN(c3ccccn3)CC2)cc1. The summed E-state index contributed by atoms with van der Waals surface area (Å²) >= 11 is 0. The number of benzene rings is 1. The molecule has 4 rings (SSSR count). The smallest absolute Gasteiger partial charge is 0.223 e. The summed E-state index contributed by atoms with van der Waals surface area (Å²) in [6.45, 7) is 5.14. The van der Waals surface area contributed by atoms with Gasteiger partial charge in [0.1, 0.15) is 11.6 Å². The molecular formula is C23H30N4O2. The van der Waals surface area contributed by atoms with Crippen LogP contribution >= 0.6 is 0 Å². The van der Waals surface area contributed by atoms with E-state index in [4.69, 9.17) is 4.74 Å². The van der Waals surface area contributed by atoms with Crippen molar-refractivity contribution in [1.29, 1.82) is 0 Å². The molecule has 1 aromatic carbocycles. The lowest BCUT2D eigenvalue weighted by Crippen LogP contribution is -2.49. The number of nitrogens with zero attached hydrogens (tertiary/aromatic N) is 4. The van der Waals surface area contributed by atoms with Crippen LogP contribution in [0, 0.1) is 0 Å². The molecule has 0 N–H and O–H groups in total. The van der Waals surface area contributed by atoms with Gasteiger partial charge in [-0.1, -0.05) is 18.2 Å². The molecule has 0 unspecified atom stereocenters. The lowest BCUT2D eigenvalue weighted by molar-refractivity contribution is -0.131. The van der Waals surface area contributed by atoms with E-state index in [0.29, 0.717) is 12.5 Å². The van der Waals surface area contributed by atoms with Crippen LogP contribution in [0.15, 0.2) is 48.7 Å². The maximum atomic E-state index is 12.8. The predicted octanol–water partition coefficient (Wildman–Crippen LogP) is 2.97. The molecule has 0 saturated carbocycles. The first-order valence-corrected chi connectivity index (χ1v) is 10.6. The van der Waals surface area contributed by atoms with Crippen molar-refractivity contribution in [3.63, 3.8) is 0 Å². The van der Waals surface area contributed by atoms with E-state index in [1.807, 2.05) is 41.4 Å². The normalized spacial score (nSPS) is 20.1. The highest BCUT2D eigenvalue weighted by Crippen LogP contribution is 2.32.